The summed E-state index contributed by atoms with van der Waals surface area (Å²) in [6.45, 7) is 5.35. The summed E-state index contributed by atoms with van der Waals surface area (Å²) in [4.78, 5) is 2.26. The van der Waals surface area contributed by atoms with Crippen LogP contribution in [0.25, 0.3) is 0 Å². The van der Waals surface area contributed by atoms with Gasteiger partial charge in [0.1, 0.15) is 0 Å². The summed E-state index contributed by atoms with van der Waals surface area (Å²) in [6, 6.07) is 8.54. The molecule has 2 N–H and O–H groups in total. The van der Waals surface area contributed by atoms with Gasteiger partial charge in [-0.3, -0.25) is 0 Å². The Morgan fingerprint density at radius 3 is 2.67 bits per heavy atom. The molecule has 0 aliphatic rings. The molecule has 0 radical (unpaired) electrons. The number of aliphatic hydroxyl groups excluding tert-OH is 1. The number of anilines is 1. The van der Waals surface area contributed by atoms with E-state index in [1.165, 1.54) is 11.3 Å². The lowest BCUT2D eigenvalue weighted by Gasteiger charge is -2.28. The predicted octanol–water partition coefficient (Wildman–Crippen LogP) is 2.18. The number of aliphatic hydroxyl groups is 1. The van der Waals surface area contributed by atoms with Crippen LogP contribution in [0.3, 0.4) is 0 Å². The molecular formula is C15H26N2O. The Balaban J connectivity index is 2.44. The molecular weight excluding hydrogens is 224 g/mol. The topological polar surface area (TPSA) is 35.5 Å². The van der Waals surface area contributed by atoms with Gasteiger partial charge in [0, 0.05) is 24.8 Å². The van der Waals surface area contributed by atoms with Crippen molar-refractivity contribution in [3.05, 3.63) is 29.8 Å². The van der Waals surface area contributed by atoms with Gasteiger partial charge in [-0.2, -0.15) is 0 Å². The molecule has 1 unspecified atom stereocenters. The third-order valence-corrected chi connectivity index (χ3v) is 3.62. The van der Waals surface area contributed by atoms with Crippen molar-refractivity contribution in [2.24, 2.45) is 0 Å². The van der Waals surface area contributed by atoms with E-state index < -0.39 is 0 Å². The van der Waals surface area contributed by atoms with Crippen LogP contribution in [0.2, 0.25) is 0 Å². The second-order valence-corrected chi connectivity index (χ2v) is 5.33. The minimum Gasteiger partial charge on any atom is -0.394 e. The third kappa shape index (κ3) is 4.31. The standard InChI is InChI=1S/C15H26N2O/c1-13-7-5-8-14(11-13)17(4)10-6-9-15(2,12-18)16-3/h5,7-8,11,16,18H,6,9-10,12H2,1-4H3. The summed E-state index contributed by atoms with van der Waals surface area (Å²) in [5.74, 6) is 0. The van der Waals surface area contributed by atoms with Gasteiger partial charge < -0.3 is 15.3 Å². The van der Waals surface area contributed by atoms with E-state index in [0.29, 0.717) is 0 Å². The molecule has 0 aliphatic heterocycles. The number of hydrogen-bond acceptors (Lipinski definition) is 3. The van der Waals surface area contributed by atoms with E-state index in [2.05, 4.69) is 55.4 Å². The molecule has 1 aromatic carbocycles. The molecule has 0 aromatic heterocycles. The van der Waals surface area contributed by atoms with E-state index in [-0.39, 0.29) is 12.1 Å². The van der Waals surface area contributed by atoms with Crippen LogP contribution in [0.5, 0.6) is 0 Å². The zero-order chi connectivity index (χ0) is 13.6. The predicted molar refractivity (Wildman–Crippen MR) is 78.2 cm³/mol. The van der Waals surface area contributed by atoms with Crippen LogP contribution in [-0.4, -0.2) is 37.9 Å². The van der Waals surface area contributed by atoms with Crippen LogP contribution in [0, 0.1) is 6.92 Å². The molecule has 102 valence electrons. The molecule has 0 bridgehead atoms. The Kier molecular flexibility index (Phi) is 5.63. The molecule has 0 amide bonds. The zero-order valence-corrected chi connectivity index (χ0v) is 12.0. The molecule has 18 heavy (non-hydrogen) atoms. The van der Waals surface area contributed by atoms with Gasteiger partial charge in [0.25, 0.3) is 0 Å². The Hall–Kier alpha value is -1.06. The average molecular weight is 250 g/mol. The van der Waals surface area contributed by atoms with Gasteiger partial charge >= 0.3 is 0 Å². The molecule has 0 fully saturated rings. The first-order chi connectivity index (χ1) is 8.50. The number of nitrogens with zero attached hydrogens (tertiary/aromatic N) is 1. The quantitative estimate of drug-likeness (QED) is 0.778. The van der Waals surface area contributed by atoms with E-state index in [1.54, 1.807) is 0 Å². The van der Waals surface area contributed by atoms with Gasteiger partial charge in [-0.15, -0.1) is 0 Å². The van der Waals surface area contributed by atoms with Crippen molar-refractivity contribution >= 4 is 5.69 Å². The van der Waals surface area contributed by atoms with Gasteiger partial charge in [-0.05, 0) is 51.4 Å². The lowest BCUT2D eigenvalue weighted by atomic mass is 9.97. The van der Waals surface area contributed by atoms with Crippen molar-refractivity contribution < 1.29 is 5.11 Å². The van der Waals surface area contributed by atoms with Gasteiger partial charge in [-0.1, -0.05) is 12.1 Å². The number of nitrogens with one attached hydrogen (secondary N) is 1. The van der Waals surface area contributed by atoms with Crippen molar-refractivity contribution in [3.63, 3.8) is 0 Å². The first-order valence-electron chi connectivity index (χ1n) is 6.58. The van der Waals surface area contributed by atoms with E-state index in [1.807, 2.05) is 7.05 Å². The molecule has 1 aromatic rings. The highest BCUT2D eigenvalue weighted by molar-refractivity contribution is 5.47. The van der Waals surface area contributed by atoms with Crippen molar-refractivity contribution in [1.29, 1.82) is 0 Å². The smallest absolute Gasteiger partial charge is 0.0610 e. The normalized spacial score (nSPS) is 14.3. The van der Waals surface area contributed by atoms with Crippen molar-refractivity contribution in [3.8, 4) is 0 Å². The molecule has 0 aliphatic carbocycles. The number of benzene rings is 1. The van der Waals surface area contributed by atoms with Crippen molar-refractivity contribution in [2.45, 2.75) is 32.2 Å². The molecule has 0 spiro atoms. The van der Waals surface area contributed by atoms with Gasteiger partial charge in [0.05, 0.1) is 6.61 Å². The fourth-order valence-electron chi connectivity index (χ4n) is 1.98. The van der Waals surface area contributed by atoms with Crippen LogP contribution < -0.4 is 10.2 Å². The second-order valence-electron chi connectivity index (χ2n) is 5.33. The lowest BCUT2D eigenvalue weighted by Crippen LogP contribution is -2.43. The SMILES string of the molecule is CNC(C)(CO)CCCN(C)c1cccc(C)c1. The summed E-state index contributed by atoms with van der Waals surface area (Å²) in [5.41, 5.74) is 2.38. The number of aryl methyl sites for hydroxylation is 1. The molecule has 1 atom stereocenters. The molecule has 1 rings (SSSR count). The maximum Gasteiger partial charge on any atom is 0.0610 e. The number of hydrogen-bond donors (Lipinski definition) is 2. The van der Waals surface area contributed by atoms with Crippen LogP contribution in [0.1, 0.15) is 25.3 Å². The molecule has 0 saturated carbocycles. The maximum atomic E-state index is 9.33. The van der Waals surface area contributed by atoms with Gasteiger partial charge in [0.15, 0.2) is 0 Å². The monoisotopic (exact) mass is 250 g/mol. The molecule has 3 nitrogen and oxygen atoms in total. The van der Waals surface area contributed by atoms with Crippen LogP contribution in [0.15, 0.2) is 24.3 Å². The lowest BCUT2D eigenvalue weighted by molar-refractivity contribution is 0.172. The molecule has 0 heterocycles. The average Bonchev–Trinajstić information content (AvgIpc) is 2.38. The van der Waals surface area contributed by atoms with Gasteiger partial charge in [0.2, 0.25) is 0 Å². The first kappa shape index (κ1) is 15.0. The fraction of sp³-hybridized carbons (Fsp3) is 0.600. The van der Waals surface area contributed by atoms with Crippen LogP contribution in [-0.2, 0) is 0 Å². The fourth-order valence-corrected chi connectivity index (χ4v) is 1.98. The highest BCUT2D eigenvalue weighted by Gasteiger charge is 2.19. The van der Waals surface area contributed by atoms with Crippen molar-refractivity contribution in [1.82, 2.24) is 5.32 Å². The Morgan fingerprint density at radius 2 is 2.11 bits per heavy atom. The van der Waals surface area contributed by atoms with Crippen LogP contribution >= 0.6 is 0 Å². The summed E-state index contributed by atoms with van der Waals surface area (Å²) in [7, 11) is 4.02. The zero-order valence-electron chi connectivity index (χ0n) is 12.0. The summed E-state index contributed by atoms with van der Waals surface area (Å²) >= 11 is 0. The largest absolute Gasteiger partial charge is 0.394 e. The highest BCUT2D eigenvalue weighted by Crippen LogP contribution is 2.16. The highest BCUT2D eigenvalue weighted by atomic mass is 16.3. The summed E-state index contributed by atoms with van der Waals surface area (Å²) in [5, 5.41) is 12.5. The Morgan fingerprint density at radius 1 is 1.39 bits per heavy atom. The Labute approximate surface area is 111 Å². The van der Waals surface area contributed by atoms with E-state index in [0.717, 1.165) is 19.4 Å². The van der Waals surface area contributed by atoms with Gasteiger partial charge in [-0.25, -0.2) is 0 Å². The Bertz CT molecular complexity index is 361. The van der Waals surface area contributed by atoms with E-state index >= 15 is 0 Å². The summed E-state index contributed by atoms with van der Waals surface area (Å²) in [6.07, 6.45) is 2.03. The molecule has 0 saturated heterocycles. The van der Waals surface area contributed by atoms with E-state index in [9.17, 15) is 5.11 Å². The maximum absolute atomic E-state index is 9.33. The number of rotatable bonds is 7. The number of likely N-dealkylation sites (N-methyl/N-ethyl adjacent to an activating group) is 1. The van der Waals surface area contributed by atoms with E-state index in [4.69, 9.17) is 0 Å². The first-order valence-corrected chi connectivity index (χ1v) is 6.58. The second kappa shape index (κ2) is 6.76. The van der Waals surface area contributed by atoms with Crippen LogP contribution in [0.4, 0.5) is 5.69 Å². The minimum absolute atomic E-state index is 0.159. The summed E-state index contributed by atoms with van der Waals surface area (Å²) < 4.78 is 0. The van der Waals surface area contributed by atoms with Crippen molar-refractivity contribution in [2.75, 3.05) is 32.1 Å². The minimum atomic E-state index is -0.159. The third-order valence-electron chi connectivity index (χ3n) is 3.62. The molecule has 3 heteroatoms.